The highest BCUT2D eigenvalue weighted by Gasteiger charge is 2.29. The second-order valence-corrected chi connectivity index (χ2v) is 7.38. The van der Waals surface area contributed by atoms with Crippen LogP contribution in [0.3, 0.4) is 0 Å². The van der Waals surface area contributed by atoms with E-state index in [1.54, 1.807) is 11.3 Å². The fraction of sp³-hybridized carbons (Fsp3) is 0.588. The number of aromatic nitrogens is 2. The normalized spacial score (nSPS) is 18.3. The maximum absolute atomic E-state index is 12.4. The van der Waals surface area contributed by atoms with E-state index in [0.717, 1.165) is 31.1 Å². The van der Waals surface area contributed by atoms with Gasteiger partial charge in [0, 0.05) is 38.6 Å². The first-order valence-corrected chi connectivity index (χ1v) is 9.53. The molecule has 1 aliphatic heterocycles. The summed E-state index contributed by atoms with van der Waals surface area (Å²) in [6.07, 6.45) is 0. The first-order valence-electron chi connectivity index (χ1n) is 8.65. The second kappa shape index (κ2) is 8.07. The van der Waals surface area contributed by atoms with Crippen LogP contribution in [0.15, 0.2) is 22.0 Å². The van der Waals surface area contributed by atoms with Gasteiger partial charge in [-0.15, -0.1) is 11.3 Å². The lowest BCUT2D eigenvalue weighted by Gasteiger charge is -2.37. The maximum Gasteiger partial charge on any atom is 0.244 e. The van der Waals surface area contributed by atoms with E-state index >= 15 is 0 Å². The zero-order valence-corrected chi connectivity index (χ0v) is 15.8. The highest BCUT2D eigenvalue weighted by Crippen LogP contribution is 2.26. The molecule has 1 aliphatic rings. The summed E-state index contributed by atoms with van der Waals surface area (Å²) in [4.78, 5) is 22.2. The van der Waals surface area contributed by atoms with Gasteiger partial charge in [-0.2, -0.15) is 4.98 Å². The van der Waals surface area contributed by atoms with Gasteiger partial charge in [0.15, 0.2) is 0 Å². The Morgan fingerprint density at radius 3 is 2.76 bits per heavy atom. The molecule has 1 N–H and O–H groups in total. The molecule has 0 bridgehead atoms. The molecular weight excluding hydrogens is 338 g/mol. The molecular formula is C17H25N5O2S. The molecule has 7 nitrogen and oxygen atoms in total. The molecule has 0 aliphatic carbocycles. The molecule has 2 aromatic heterocycles. The van der Waals surface area contributed by atoms with Crippen LogP contribution < -0.4 is 5.32 Å². The molecule has 1 amide bonds. The van der Waals surface area contributed by atoms with Gasteiger partial charge in [0.25, 0.3) is 0 Å². The molecule has 2 aromatic rings. The fourth-order valence-electron chi connectivity index (χ4n) is 3.10. The van der Waals surface area contributed by atoms with E-state index < -0.39 is 0 Å². The van der Waals surface area contributed by atoms with E-state index in [1.165, 1.54) is 0 Å². The number of rotatable bonds is 6. The SMILES string of the molecule is CNCC(C)C(=O)N1CCN(C(C)c2nc(-c3cccs3)no2)CC1. The lowest BCUT2D eigenvalue weighted by molar-refractivity contribution is -0.137. The van der Waals surface area contributed by atoms with Gasteiger partial charge in [0.2, 0.25) is 17.6 Å². The van der Waals surface area contributed by atoms with Crippen LogP contribution in [-0.4, -0.2) is 65.6 Å². The van der Waals surface area contributed by atoms with Crippen molar-refractivity contribution in [3.8, 4) is 10.7 Å². The Labute approximate surface area is 152 Å². The molecule has 0 radical (unpaired) electrons. The molecule has 25 heavy (non-hydrogen) atoms. The first kappa shape index (κ1) is 18.0. The first-order chi connectivity index (χ1) is 12.1. The summed E-state index contributed by atoms with van der Waals surface area (Å²) in [5, 5.41) is 9.15. The number of thiophene rings is 1. The van der Waals surface area contributed by atoms with Crippen LogP contribution in [0.4, 0.5) is 0 Å². The van der Waals surface area contributed by atoms with Gasteiger partial charge in [0.1, 0.15) is 0 Å². The predicted octanol–water partition coefficient (Wildman–Crippen LogP) is 1.86. The average molecular weight is 363 g/mol. The minimum absolute atomic E-state index is 0.0123. The smallest absolute Gasteiger partial charge is 0.244 e. The van der Waals surface area contributed by atoms with Gasteiger partial charge in [-0.1, -0.05) is 18.1 Å². The van der Waals surface area contributed by atoms with Gasteiger partial charge in [-0.3, -0.25) is 9.69 Å². The van der Waals surface area contributed by atoms with E-state index in [-0.39, 0.29) is 17.9 Å². The number of hydrogen-bond acceptors (Lipinski definition) is 7. The Morgan fingerprint density at radius 2 is 2.12 bits per heavy atom. The monoisotopic (exact) mass is 363 g/mol. The fourth-order valence-corrected chi connectivity index (χ4v) is 3.75. The Bertz CT molecular complexity index is 679. The van der Waals surface area contributed by atoms with E-state index in [4.69, 9.17) is 4.52 Å². The van der Waals surface area contributed by atoms with E-state index in [0.29, 0.717) is 18.3 Å². The van der Waals surface area contributed by atoms with Gasteiger partial charge < -0.3 is 14.7 Å². The minimum atomic E-state index is 0.0123. The summed E-state index contributed by atoms with van der Waals surface area (Å²) in [7, 11) is 1.87. The molecule has 8 heteroatoms. The molecule has 0 saturated carbocycles. The Kier molecular flexibility index (Phi) is 5.82. The minimum Gasteiger partial charge on any atom is -0.340 e. The number of amides is 1. The number of carbonyl (C=O) groups excluding carboxylic acids is 1. The number of nitrogens with one attached hydrogen (secondary N) is 1. The van der Waals surface area contributed by atoms with Crippen LogP contribution in [0, 0.1) is 5.92 Å². The van der Waals surface area contributed by atoms with Crippen molar-refractivity contribution < 1.29 is 9.32 Å². The Hall–Kier alpha value is -1.77. The lowest BCUT2D eigenvalue weighted by atomic mass is 10.1. The summed E-state index contributed by atoms with van der Waals surface area (Å²) in [6, 6.07) is 4.01. The van der Waals surface area contributed by atoms with Crippen LogP contribution in [0.1, 0.15) is 25.8 Å². The molecule has 2 unspecified atom stereocenters. The van der Waals surface area contributed by atoms with Crippen molar-refractivity contribution in [1.82, 2.24) is 25.3 Å². The topological polar surface area (TPSA) is 74.5 Å². The zero-order valence-electron chi connectivity index (χ0n) is 14.9. The average Bonchev–Trinajstić information content (AvgIpc) is 3.32. The standard InChI is InChI=1S/C17H25N5O2S/c1-12(11-18-3)17(23)22-8-6-21(7-9-22)13(2)16-19-15(20-24-16)14-5-4-10-25-14/h4-5,10,12-13,18H,6-9,11H2,1-3H3. The van der Waals surface area contributed by atoms with Crippen molar-refractivity contribution in [3.63, 3.8) is 0 Å². The molecule has 136 valence electrons. The molecule has 1 fully saturated rings. The van der Waals surface area contributed by atoms with Crippen LogP contribution >= 0.6 is 11.3 Å². The molecule has 3 rings (SSSR count). The van der Waals surface area contributed by atoms with E-state index in [9.17, 15) is 4.79 Å². The largest absolute Gasteiger partial charge is 0.340 e. The Balaban J connectivity index is 1.57. The van der Waals surface area contributed by atoms with Crippen molar-refractivity contribution in [1.29, 1.82) is 0 Å². The second-order valence-electron chi connectivity index (χ2n) is 6.43. The van der Waals surface area contributed by atoms with Gasteiger partial charge in [-0.25, -0.2) is 0 Å². The quantitative estimate of drug-likeness (QED) is 0.844. The van der Waals surface area contributed by atoms with Crippen LogP contribution in [0.25, 0.3) is 10.7 Å². The van der Waals surface area contributed by atoms with Crippen LogP contribution in [-0.2, 0) is 4.79 Å². The third-order valence-electron chi connectivity index (χ3n) is 4.65. The molecule has 1 saturated heterocycles. The van der Waals surface area contributed by atoms with Crippen molar-refractivity contribution in [2.24, 2.45) is 5.92 Å². The van der Waals surface area contributed by atoms with E-state index in [1.807, 2.05) is 36.4 Å². The summed E-state index contributed by atoms with van der Waals surface area (Å²) in [6.45, 7) is 7.87. The van der Waals surface area contributed by atoms with Gasteiger partial charge in [0.05, 0.1) is 10.9 Å². The predicted molar refractivity (Wildman–Crippen MR) is 97.3 cm³/mol. The summed E-state index contributed by atoms with van der Waals surface area (Å²) in [5.41, 5.74) is 0. The molecule has 3 heterocycles. The number of piperazine rings is 1. The van der Waals surface area contributed by atoms with E-state index in [2.05, 4.69) is 27.3 Å². The van der Waals surface area contributed by atoms with Gasteiger partial charge in [-0.05, 0) is 25.4 Å². The van der Waals surface area contributed by atoms with Crippen molar-refractivity contribution in [2.45, 2.75) is 19.9 Å². The Morgan fingerprint density at radius 1 is 1.36 bits per heavy atom. The summed E-state index contributed by atoms with van der Waals surface area (Å²) >= 11 is 1.60. The van der Waals surface area contributed by atoms with Gasteiger partial charge >= 0.3 is 0 Å². The third-order valence-corrected chi connectivity index (χ3v) is 5.51. The molecule has 0 spiro atoms. The maximum atomic E-state index is 12.4. The summed E-state index contributed by atoms with van der Waals surface area (Å²) in [5.74, 6) is 1.51. The highest BCUT2D eigenvalue weighted by molar-refractivity contribution is 7.13. The molecule has 0 aromatic carbocycles. The van der Waals surface area contributed by atoms with Crippen molar-refractivity contribution in [3.05, 3.63) is 23.4 Å². The molecule has 2 atom stereocenters. The van der Waals surface area contributed by atoms with Crippen LogP contribution in [0.5, 0.6) is 0 Å². The number of nitrogens with zero attached hydrogens (tertiary/aromatic N) is 4. The third kappa shape index (κ3) is 4.08. The van der Waals surface area contributed by atoms with Crippen LogP contribution in [0.2, 0.25) is 0 Å². The zero-order chi connectivity index (χ0) is 17.8. The highest BCUT2D eigenvalue weighted by atomic mass is 32.1. The van der Waals surface area contributed by atoms with Crippen molar-refractivity contribution >= 4 is 17.2 Å². The lowest BCUT2D eigenvalue weighted by Crippen LogP contribution is -2.51. The number of hydrogen-bond donors (Lipinski definition) is 1. The van der Waals surface area contributed by atoms with Crippen molar-refractivity contribution in [2.75, 3.05) is 39.8 Å². The number of carbonyl (C=O) groups is 1. The summed E-state index contributed by atoms with van der Waals surface area (Å²) < 4.78 is 5.46.